The van der Waals surface area contributed by atoms with E-state index in [0.29, 0.717) is 11.6 Å². The molecule has 0 aliphatic carbocycles. The zero-order valence-electron chi connectivity index (χ0n) is 15.7. The maximum absolute atomic E-state index is 5.58. The zero-order valence-corrected chi connectivity index (χ0v) is 15.7. The minimum atomic E-state index is 0.278. The molecule has 142 valence electrons. The summed E-state index contributed by atoms with van der Waals surface area (Å²) in [5.41, 5.74) is 2.01. The predicted octanol–water partition coefficient (Wildman–Crippen LogP) is 3.12. The average molecular weight is 375 g/mol. The molecule has 0 N–H and O–H groups in total. The summed E-state index contributed by atoms with van der Waals surface area (Å²) in [6.45, 7) is 3.90. The minimum Gasteiger partial charge on any atom is -0.356 e. The predicted molar refractivity (Wildman–Crippen MR) is 104 cm³/mol. The van der Waals surface area contributed by atoms with Crippen LogP contribution in [-0.2, 0) is 6.42 Å². The van der Waals surface area contributed by atoms with Gasteiger partial charge in [0.05, 0.1) is 0 Å². The van der Waals surface area contributed by atoms with E-state index in [1.165, 1.54) is 0 Å². The summed E-state index contributed by atoms with van der Waals surface area (Å²) in [6, 6.07) is 12.0. The van der Waals surface area contributed by atoms with Crippen LogP contribution in [0.1, 0.15) is 37.3 Å². The van der Waals surface area contributed by atoms with E-state index in [1.54, 1.807) is 6.33 Å². The first-order valence-electron chi connectivity index (χ1n) is 9.65. The molecule has 5 rings (SSSR count). The second kappa shape index (κ2) is 7.03. The third kappa shape index (κ3) is 3.00. The number of hydrogen-bond donors (Lipinski definition) is 0. The molecule has 1 saturated heterocycles. The Labute approximate surface area is 162 Å². The Morgan fingerprint density at radius 1 is 1.11 bits per heavy atom. The van der Waals surface area contributed by atoms with Gasteiger partial charge in [-0.3, -0.25) is 0 Å². The summed E-state index contributed by atoms with van der Waals surface area (Å²) >= 11 is 0. The Kier molecular flexibility index (Phi) is 4.23. The van der Waals surface area contributed by atoms with Crippen LogP contribution in [-0.4, -0.2) is 42.8 Å². The number of aryl methyl sites for hydroxylation is 1. The highest BCUT2D eigenvalue weighted by Gasteiger charge is 2.27. The van der Waals surface area contributed by atoms with Gasteiger partial charge < -0.3 is 9.42 Å². The van der Waals surface area contributed by atoms with Crippen molar-refractivity contribution in [1.29, 1.82) is 0 Å². The molecule has 0 atom stereocenters. The van der Waals surface area contributed by atoms with Crippen molar-refractivity contribution in [3.05, 3.63) is 54.3 Å². The van der Waals surface area contributed by atoms with Crippen molar-refractivity contribution in [2.45, 2.75) is 32.1 Å². The van der Waals surface area contributed by atoms with Crippen LogP contribution in [0, 0.1) is 0 Å². The van der Waals surface area contributed by atoms with Gasteiger partial charge in [-0.25, -0.2) is 4.98 Å². The van der Waals surface area contributed by atoms with E-state index in [-0.39, 0.29) is 5.92 Å². The first kappa shape index (κ1) is 16.9. The van der Waals surface area contributed by atoms with Crippen molar-refractivity contribution in [2.24, 2.45) is 0 Å². The van der Waals surface area contributed by atoms with E-state index in [9.17, 15) is 0 Å². The number of hydrogen-bond acceptors (Lipinski definition) is 7. The lowest BCUT2D eigenvalue weighted by Gasteiger charge is -2.32. The van der Waals surface area contributed by atoms with Crippen molar-refractivity contribution in [3.8, 4) is 11.4 Å². The van der Waals surface area contributed by atoms with Crippen LogP contribution < -0.4 is 4.90 Å². The Balaban J connectivity index is 1.33. The van der Waals surface area contributed by atoms with Crippen LogP contribution >= 0.6 is 0 Å². The smallest absolute Gasteiger partial charge is 0.254 e. The highest BCUT2D eigenvalue weighted by atomic mass is 16.5. The number of aromatic nitrogens is 6. The fourth-order valence-corrected chi connectivity index (χ4v) is 3.71. The summed E-state index contributed by atoms with van der Waals surface area (Å²) in [7, 11) is 0. The van der Waals surface area contributed by atoms with Crippen LogP contribution in [0.3, 0.4) is 0 Å². The molecule has 4 aromatic rings. The molecule has 1 aliphatic heterocycles. The Hall–Kier alpha value is -3.29. The maximum Gasteiger partial charge on any atom is 0.254 e. The van der Waals surface area contributed by atoms with Gasteiger partial charge in [0.15, 0.2) is 0 Å². The molecule has 1 fully saturated rings. The van der Waals surface area contributed by atoms with Gasteiger partial charge in [0.1, 0.15) is 12.1 Å². The number of nitrogens with zero attached hydrogens (tertiary/aromatic N) is 7. The van der Waals surface area contributed by atoms with E-state index >= 15 is 0 Å². The van der Waals surface area contributed by atoms with E-state index in [4.69, 9.17) is 4.52 Å². The first-order chi connectivity index (χ1) is 13.8. The third-order valence-electron chi connectivity index (χ3n) is 5.29. The number of fused-ring (bicyclic) bond motifs is 1. The molecule has 0 spiro atoms. The summed E-state index contributed by atoms with van der Waals surface area (Å²) < 4.78 is 7.40. The van der Waals surface area contributed by atoms with Gasteiger partial charge in [0.2, 0.25) is 11.7 Å². The van der Waals surface area contributed by atoms with Gasteiger partial charge in [0, 0.05) is 36.3 Å². The van der Waals surface area contributed by atoms with Crippen LogP contribution in [0.5, 0.6) is 0 Å². The van der Waals surface area contributed by atoms with Crippen molar-refractivity contribution >= 4 is 11.6 Å². The number of benzene rings is 1. The van der Waals surface area contributed by atoms with Crippen molar-refractivity contribution < 1.29 is 4.52 Å². The topological polar surface area (TPSA) is 85.2 Å². The monoisotopic (exact) mass is 375 g/mol. The molecule has 1 aliphatic rings. The fourth-order valence-electron chi connectivity index (χ4n) is 3.71. The molecule has 1 aromatic carbocycles. The lowest BCUT2D eigenvalue weighted by Crippen LogP contribution is -2.34. The largest absolute Gasteiger partial charge is 0.356 e. The second-order valence-electron chi connectivity index (χ2n) is 7.01. The first-order valence-corrected chi connectivity index (χ1v) is 9.65. The Morgan fingerprint density at radius 3 is 2.71 bits per heavy atom. The quantitative estimate of drug-likeness (QED) is 0.542. The van der Waals surface area contributed by atoms with Gasteiger partial charge in [-0.05, 0) is 19.3 Å². The summed E-state index contributed by atoms with van der Waals surface area (Å²) in [5.74, 6) is 3.37. The average Bonchev–Trinajstić information content (AvgIpc) is 3.43. The number of rotatable bonds is 4. The molecular formula is C20H21N7O. The van der Waals surface area contributed by atoms with Gasteiger partial charge in [0.25, 0.3) is 5.78 Å². The molecule has 3 aromatic heterocycles. The normalized spacial score (nSPS) is 15.4. The van der Waals surface area contributed by atoms with Crippen molar-refractivity contribution in [3.63, 3.8) is 0 Å². The van der Waals surface area contributed by atoms with Gasteiger partial charge >= 0.3 is 0 Å². The maximum atomic E-state index is 5.58. The standard InChI is InChI=1S/C20H21N7O/c1-2-16-12-17(27-20(23-16)21-13-22-27)26-10-8-15(9-11-26)19-24-18(25-28-19)14-6-4-3-5-7-14/h3-7,12-13,15H,2,8-11H2,1H3. The molecule has 4 heterocycles. The van der Waals surface area contributed by atoms with Crippen LogP contribution in [0.25, 0.3) is 17.2 Å². The molecule has 0 saturated carbocycles. The highest BCUT2D eigenvalue weighted by Crippen LogP contribution is 2.31. The lowest BCUT2D eigenvalue weighted by atomic mass is 9.96. The van der Waals surface area contributed by atoms with Gasteiger partial charge in [-0.1, -0.05) is 42.4 Å². The van der Waals surface area contributed by atoms with Gasteiger partial charge in [-0.2, -0.15) is 19.6 Å². The molecule has 0 radical (unpaired) electrons. The Bertz CT molecular complexity index is 1080. The van der Waals surface area contributed by atoms with Crippen LogP contribution in [0.4, 0.5) is 5.82 Å². The van der Waals surface area contributed by atoms with E-state index in [1.807, 2.05) is 34.8 Å². The molecule has 8 nitrogen and oxygen atoms in total. The molecule has 8 heteroatoms. The second-order valence-corrected chi connectivity index (χ2v) is 7.01. The van der Waals surface area contributed by atoms with Crippen LogP contribution in [0.15, 0.2) is 47.2 Å². The summed E-state index contributed by atoms with van der Waals surface area (Å²) in [6.07, 6.45) is 4.34. The van der Waals surface area contributed by atoms with E-state index in [2.05, 4.69) is 43.1 Å². The summed E-state index contributed by atoms with van der Waals surface area (Å²) in [5, 5.41) is 8.51. The minimum absolute atomic E-state index is 0.278. The zero-order chi connectivity index (χ0) is 18.9. The Morgan fingerprint density at radius 2 is 1.93 bits per heavy atom. The van der Waals surface area contributed by atoms with Gasteiger partial charge in [-0.15, -0.1) is 0 Å². The highest BCUT2D eigenvalue weighted by molar-refractivity contribution is 5.53. The van der Waals surface area contributed by atoms with Crippen LogP contribution in [0.2, 0.25) is 0 Å². The third-order valence-corrected chi connectivity index (χ3v) is 5.29. The molecule has 0 bridgehead atoms. The summed E-state index contributed by atoms with van der Waals surface area (Å²) in [4.78, 5) is 15.8. The molecular weight excluding hydrogens is 354 g/mol. The van der Waals surface area contributed by atoms with Crippen molar-refractivity contribution in [1.82, 2.24) is 29.7 Å². The molecule has 0 unspecified atom stereocenters. The van der Waals surface area contributed by atoms with Crippen molar-refractivity contribution in [2.75, 3.05) is 18.0 Å². The number of piperidine rings is 1. The lowest BCUT2D eigenvalue weighted by molar-refractivity contribution is 0.329. The fraction of sp³-hybridized carbons (Fsp3) is 0.350. The van der Waals surface area contributed by atoms with E-state index < -0.39 is 0 Å². The molecule has 0 amide bonds. The van der Waals surface area contributed by atoms with E-state index in [0.717, 1.165) is 55.3 Å². The number of anilines is 1. The molecule has 28 heavy (non-hydrogen) atoms. The SMILES string of the molecule is CCc1cc(N2CCC(c3nc(-c4ccccc4)no3)CC2)n2ncnc2n1.